The first-order valence-corrected chi connectivity index (χ1v) is 12.2. The molecule has 2 aliphatic rings. The van der Waals surface area contributed by atoms with Crippen molar-refractivity contribution in [1.82, 2.24) is 15.4 Å². The summed E-state index contributed by atoms with van der Waals surface area (Å²) in [5.74, 6) is -0.131. The van der Waals surface area contributed by atoms with Crippen LogP contribution in [-0.2, 0) is 32.0 Å². The smallest absolute Gasteiger partial charge is 0.480 e. The quantitative estimate of drug-likeness (QED) is 0.251. The number of amides is 1. The van der Waals surface area contributed by atoms with E-state index in [9.17, 15) is 24.6 Å². The van der Waals surface area contributed by atoms with Gasteiger partial charge in [0.25, 0.3) is 0 Å². The summed E-state index contributed by atoms with van der Waals surface area (Å²) in [6.07, 6.45) is 3.41. The molecule has 0 aromatic carbocycles. The van der Waals surface area contributed by atoms with E-state index in [0.717, 1.165) is 48.8 Å². The lowest BCUT2D eigenvalue weighted by atomic mass is 9.76. The molecule has 194 valence electrons. The monoisotopic (exact) mass is 492 g/mol. The molecule has 0 radical (unpaired) electrons. The molecule has 0 saturated heterocycles. The lowest BCUT2D eigenvalue weighted by Gasteiger charge is -2.43. The first-order chi connectivity index (χ1) is 16.8. The lowest BCUT2D eigenvalue weighted by Crippen LogP contribution is -2.53. The molecule has 2 heterocycles. The topological polar surface area (TPSA) is 150 Å². The number of nitrogens with one attached hydrogen (secondary N) is 2. The Morgan fingerprint density at radius 3 is 2.77 bits per heavy atom. The highest BCUT2D eigenvalue weighted by Crippen LogP contribution is 2.37. The molecule has 1 amide bonds. The molecule has 1 unspecified atom stereocenters. The molecule has 1 saturated carbocycles. The van der Waals surface area contributed by atoms with Crippen LogP contribution in [0.25, 0.3) is 0 Å². The number of anilines is 1. The average molecular weight is 493 g/mol. The molecule has 3 rings (SSSR count). The minimum atomic E-state index is -1.19. The Hall–Kier alpha value is -2.92. The molecule has 11 heteroatoms. The summed E-state index contributed by atoms with van der Waals surface area (Å²) < 4.78 is 5.15. The van der Waals surface area contributed by atoms with Crippen LogP contribution in [0, 0.1) is 5.92 Å². The summed E-state index contributed by atoms with van der Waals surface area (Å²) in [6, 6.07) is 2.73. The number of carboxylic acid groups (broad SMARTS) is 1. The van der Waals surface area contributed by atoms with Gasteiger partial charge in [0.05, 0.1) is 6.54 Å². The number of pyridine rings is 1. The molecular weight excluding hydrogens is 456 g/mol. The number of hydroxylamine groups is 2. The van der Waals surface area contributed by atoms with Crippen LogP contribution in [-0.4, -0.2) is 76.2 Å². The Morgan fingerprint density at radius 1 is 1.31 bits per heavy atom. The number of nitrogens with zero attached hydrogens (tertiary/aromatic N) is 2. The number of carboxylic acids is 1. The average Bonchev–Trinajstić information content (AvgIpc) is 2.79. The van der Waals surface area contributed by atoms with E-state index in [1.807, 2.05) is 0 Å². The fraction of sp³-hybridized carbons (Fsp3) is 0.667. The Kier molecular flexibility index (Phi) is 9.67. The molecule has 0 bridgehead atoms. The number of hydrogen-bond acceptors (Lipinski definition) is 9. The zero-order valence-electron chi connectivity index (χ0n) is 20.4. The van der Waals surface area contributed by atoms with Gasteiger partial charge in [-0.3, -0.25) is 9.59 Å². The van der Waals surface area contributed by atoms with E-state index in [4.69, 9.17) is 14.6 Å². The van der Waals surface area contributed by atoms with Crippen LogP contribution >= 0.6 is 0 Å². The van der Waals surface area contributed by atoms with Crippen molar-refractivity contribution in [3.8, 4) is 0 Å². The van der Waals surface area contributed by atoms with Gasteiger partial charge >= 0.3 is 12.1 Å². The summed E-state index contributed by atoms with van der Waals surface area (Å²) >= 11 is 0. The number of aliphatic hydroxyl groups is 1. The number of rotatable bonds is 12. The van der Waals surface area contributed by atoms with Crippen LogP contribution < -0.4 is 10.6 Å². The molecule has 1 fully saturated rings. The maximum atomic E-state index is 12.3. The van der Waals surface area contributed by atoms with Crippen molar-refractivity contribution in [2.75, 3.05) is 25.0 Å². The van der Waals surface area contributed by atoms with Crippen LogP contribution in [0.1, 0.15) is 57.2 Å². The van der Waals surface area contributed by atoms with E-state index in [-0.39, 0.29) is 31.5 Å². The summed E-state index contributed by atoms with van der Waals surface area (Å²) in [6.45, 7) is 3.63. The van der Waals surface area contributed by atoms with Crippen molar-refractivity contribution in [3.05, 3.63) is 23.4 Å². The van der Waals surface area contributed by atoms with Crippen molar-refractivity contribution in [3.63, 3.8) is 0 Å². The van der Waals surface area contributed by atoms with Gasteiger partial charge in [-0.1, -0.05) is 6.07 Å². The van der Waals surface area contributed by atoms with E-state index in [1.54, 1.807) is 6.92 Å². The van der Waals surface area contributed by atoms with Crippen LogP contribution in [0.5, 0.6) is 0 Å². The molecule has 1 aliphatic heterocycles. The standard InChI is InChI=1S/C24H36N4O7/c1-15(14-26-16(2)30)34-24(33)35-28(21(9-11-29)23(31)32)20-12-17(13-20)5-7-19-8-6-18-4-3-10-25-22(18)27-19/h6,8,15,17,20-21,29H,3-5,7,9-14H2,1-2H3,(H,25,27)(H,26,30)(H,31,32)/t15?,17?,20?,21-/m0/s1. The van der Waals surface area contributed by atoms with Crippen LogP contribution in [0.4, 0.5) is 10.6 Å². The molecule has 1 aromatic rings. The van der Waals surface area contributed by atoms with E-state index < -0.39 is 24.3 Å². The van der Waals surface area contributed by atoms with E-state index >= 15 is 0 Å². The molecule has 11 nitrogen and oxygen atoms in total. The van der Waals surface area contributed by atoms with Crippen molar-refractivity contribution in [2.45, 2.75) is 77.0 Å². The van der Waals surface area contributed by atoms with Gasteiger partial charge in [0.15, 0.2) is 0 Å². The number of ether oxygens (including phenoxy) is 1. The van der Waals surface area contributed by atoms with E-state index in [1.165, 1.54) is 12.5 Å². The number of fused-ring (bicyclic) bond motifs is 1. The molecule has 35 heavy (non-hydrogen) atoms. The third-order valence-electron chi connectivity index (χ3n) is 6.44. The number of carbonyl (C=O) groups is 3. The van der Waals surface area contributed by atoms with Gasteiger partial charge in [-0.2, -0.15) is 0 Å². The van der Waals surface area contributed by atoms with Gasteiger partial charge in [0.1, 0.15) is 18.0 Å². The zero-order valence-corrected chi connectivity index (χ0v) is 20.4. The third-order valence-corrected chi connectivity index (χ3v) is 6.44. The second-order valence-corrected chi connectivity index (χ2v) is 9.30. The number of aliphatic carboxylic acids is 1. The molecular formula is C24H36N4O7. The Balaban J connectivity index is 1.54. The second kappa shape index (κ2) is 12.7. The first-order valence-electron chi connectivity index (χ1n) is 12.2. The van der Waals surface area contributed by atoms with Gasteiger partial charge in [0.2, 0.25) is 5.91 Å². The highest BCUT2D eigenvalue weighted by atomic mass is 16.8. The SMILES string of the molecule is CC(=O)NCC(C)OC(=O)ON(C1CC(CCc2ccc3c(n2)NCCC3)C1)[C@@H](CCO)C(=O)O. The number of aliphatic hydroxyl groups excluding tert-OH is 1. The summed E-state index contributed by atoms with van der Waals surface area (Å²) in [5, 5.41) is 26.0. The van der Waals surface area contributed by atoms with Gasteiger partial charge in [-0.05, 0) is 69.4 Å². The minimum absolute atomic E-state index is 0.0860. The highest BCUT2D eigenvalue weighted by Gasteiger charge is 2.42. The Morgan fingerprint density at radius 2 is 2.09 bits per heavy atom. The third kappa shape index (κ3) is 7.79. The van der Waals surface area contributed by atoms with Crippen molar-refractivity contribution in [2.24, 2.45) is 5.92 Å². The minimum Gasteiger partial charge on any atom is -0.480 e. The van der Waals surface area contributed by atoms with Crippen molar-refractivity contribution in [1.29, 1.82) is 0 Å². The van der Waals surface area contributed by atoms with Gasteiger partial charge in [0, 0.05) is 31.8 Å². The number of aromatic nitrogens is 1. The summed E-state index contributed by atoms with van der Waals surface area (Å²) in [5.41, 5.74) is 2.27. The van der Waals surface area contributed by atoms with Gasteiger partial charge < -0.3 is 30.4 Å². The number of carbonyl (C=O) groups excluding carboxylic acids is 2. The highest BCUT2D eigenvalue weighted by molar-refractivity contribution is 5.74. The first kappa shape index (κ1) is 26.7. The Bertz CT molecular complexity index is 891. The predicted molar refractivity (Wildman–Crippen MR) is 127 cm³/mol. The molecule has 2 atom stereocenters. The molecule has 1 aliphatic carbocycles. The van der Waals surface area contributed by atoms with Crippen molar-refractivity contribution >= 4 is 23.8 Å². The normalized spacial score (nSPS) is 20.6. The second-order valence-electron chi connectivity index (χ2n) is 9.30. The lowest BCUT2D eigenvalue weighted by molar-refractivity contribution is -0.215. The zero-order chi connectivity index (χ0) is 25.4. The molecule has 1 aromatic heterocycles. The number of aryl methyl sites for hydroxylation is 2. The fourth-order valence-electron chi connectivity index (χ4n) is 4.48. The molecule has 0 spiro atoms. The maximum Gasteiger partial charge on any atom is 0.528 e. The Labute approximate surface area is 205 Å². The largest absolute Gasteiger partial charge is 0.528 e. The molecule has 4 N–H and O–H groups in total. The van der Waals surface area contributed by atoms with Crippen LogP contribution in [0.3, 0.4) is 0 Å². The summed E-state index contributed by atoms with van der Waals surface area (Å²) in [7, 11) is 0. The summed E-state index contributed by atoms with van der Waals surface area (Å²) in [4.78, 5) is 45.2. The van der Waals surface area contributed by atoms with Gasteiger partial charge in [-0.15, -0.1) is 5.06 Å². The number of hydrogen-bond donors (Lipinski definition) is 4. The predicted octanol–water partition coefficient (Wildman–Crippen LogP) is 1.88. The van der Waals surface area contributed by atoms with Gasteiger partial charge in [-0.25, -0.2) is 9.78 Å². The van der Waals surface area contributed by atoms with Crippen LogP contribution in [0.15, 0.2) is 12.1 Å². The van der Waals surface area contributed by atoms with E-state index in [2.05, 4.69) is 22.8 Å². The fourth-order valence-corrected chi connectivity index (χ4v) is 4.48. The van der Waals surface area contributed by atoms with Crippen LogP contribution in [0.2, 0.25) is 0 Å². The van der Waals surface area contributed by atoms with E-state index in [0.29, 0.717) is 18.8 Å². The van der Waals surface area contributed by atoms with Crippen molar-refractivity contribution < 1.29 is 34.2 Å². The maximum absolute atomic E-state index is 12.3.